The van der Waals surface area contributed by atoms with Crippen molar-refractivity contribution in [3.05, 3.63) is 65.7 Å². The molecule has 0 aliphatic heterocycles. The molecule has 2 aromatic carbocycles. The highest BCUT2D eigenvalue weighted by Crippen LogP contribution is 2.48. The third-order valence-corrected chi connectivity index (χ3v) is 3.86. The van der Waals surface area contributed by atoms with E-state index < -0.39 is 0 Å². The summed E-state index contributed by atoms with van der Waals surface area (Å²) in [5, 5.41) is 0. The van der Waals surface area contributed by atoms with Crippen LogP contribution in [0.2, 0.25) is 0 Å². The number of rotatable bonds is 5. The number of esters is 1. The minimum absolute atomic E-state index is 0.00195. The normalized spacial score (nSPS) is 19.9. The lowest BCUT2D eigenvalue weighted by molar-refractivity contribution is -0.146. The molecule has 0 spiro atoms. The number of ether oxygens (including phenoxy) is 2. The summed E-state index contributed by atoms with van der Waals surface area (Å²) >= 11 is 0. The van der Waals surface area contributed by atoms with Crippen LogP contribution in [0.5, 0.6) is 5.75 Å². The lowest BCUT2D eigenvalue weighted by Crippen LogP contribution is -2.07. The molecule has 0 heterocycles. The van der Waals surface area contributed by atoms with Crippen LogP contribution in [-0.4, -0.2) is 13.1 Å². The van der Waals surface area contributed by atoms with Gasteiger partial charge in [0.05, 0.1) is 13.0 Å². The fourth-order valence-electron chi connectivity index (χ4n) is 2.51. The molecule has 1 aliphatic rings. The van der Waals surface area contributed by atoms with E-state index in [9.17, 15) is 4.79 Å². The van der Waals surface area contributed by atoms with Gasteiger partial charge in [0.1, 0.15) is 12.4 Å². The second-order valence-corrected chi connectivity index (χ2v) is 5.32. The van der Waals surface area contributed by atoms with Crippen LogP contribution in [0, 0.1) is 5.92 Å². The van der Waals surface area contributed by atoms with Crippen molar-refractivity contribution >= 4 is 5.97 Å². The smallest absolute Gasteiger partial charge is 0.309 e. The molecule has 1 fully saturated rings. The van der Waals surface area contributed by atoms with E-state index in [0.29, 0.717) is 12.5 Å². The third kappa shape index (κ3) is 3.24. The van der Waals surface area contributed by atoms with Crippen LogP contribution in [0.15, 0.2) is 54.6 Å². The molecule has 1 saturated carbocycles. The number of hydrogen-bond acceptors (Lipinski definition) is 3. The Balaban J connectivity index is 1.53. The molecule has 0 amide bonds. The van der Waals surface area contributed by atoms with Crippen LogP contribution in [-0.2, 0) is 16.1 Å². The van der Waals surface area contributed by atoms with E-state index in [1.165, 1.54) is 5.56 Å². The van der Waals surface area contributed by atoms with Gasteiger partial charge in [-0.1, -0.05) is 42.5 Å². The standard InChI is InChI=1S/C18H18O3/c1-20-15-9-7-14(8-10-15)16-11-17(16)18(19)21-12-13-5-3-2-4-6-13/h2-10,16-17H,11-12H2,1H3/t16-,17+/m1/s1. The molecule has 108 valence electrons. The highest BCUT2D eigenvalue weighted by atomic mass is 16.5. The van der Waals surface area contributed by atoms with E-state index in [1.54, 1.807) is 7.11 Å². The molecular formula is C18H18O3. The van der Waals surface area contributed by atoms with Crippen LogP contribution in [0.3, 0.4) is 0 Å². The first-order valence-electron chi connectivity index (χ1n) is 7.12. The predicted molar refractivity (Wildman–Crippen MR) is 80.1 cm³/mol. The van der Waals surface area contributed by atoms with Crippen LogP contribution < -0.4 is 4.74 Å². The largest absolute Gasteiger partial charge is 0.497 e. The van der Waals surface area contributed by atoms with E-state index >= 15 is 0 Å². The van der Waals surface area contributed by atoms with Crippen LogP contribution in [0.25, 0.3) is 0 Å². The molecule has 2 aromatic rings. The zero-order chi connectivity index (χ0) is 14.7. The Morgan fingerprint density at radius 3 is 2.48 bits per heavy atom. The molecule has 0 N–H and O–H groups in total. The molecule has 0 bridgehead atoms. The van der Waals surface area contributed by atoms with Gasteiger partial charge in [-0.15, -0.1) is 0 Å². The summed E-state index contributed by atoms with van der Waals surface area (Å²) in [6.07, 6.45) is 0.875. The van der Waals surface area contributed by atoms with Gasteiger partial charge in [-0.05, 0) is 35.6 Å². The molecule has 2 atom stereocenters. The number of benzene rings is 2. The van der Waals surface area contributed by atoms with Gasteiger partial charge in [0, 0.05) is 0 Å². The van der Waals surface area contributed by atoms with Gasteiger partial charge < -0.3 is 9.47 Å². The summed E-state index contributed by atoms with van der Waals surface area (Å²) in [7, 11) is 1.65. The first kappa shape index (κ1) is 13.7. The van der Waals surface area contributed by atoms with Crippen LogP contribution in [0.4, 0.5) is 0 Å². The SMILES string of the molecule is COc1ccc([C@H]2C[C@@H]2C(=O)OCc2ccccc2)cc1. The second kappa shape index (κ2) is 6.00. The van der Waals surface area contributed by atoms with Crippen LogP contribution in [0.1, 0.15) is 23.5 Å². The molecule has 21 heavy (non-hydrogen) atoms. The molecule has 1 aliphatic carbocycles. The fourth-order valence-corrected chi connectivity index (χ4v) is 2.51. The lowest BCUT2D eigenvalue weighted by atomic mass is 10.1. The average Bonchev–Trinajstić information content (AvgIpc) is 3.34. The van der Waals surface area contributed by atoms with Crippen molar-refractivity contribution in [1.82, 2.24) is 0 Å². The van der Waals surface area contributed by atoms with E-state index in [-0.39, 0.29) is 11.9 Å². The Morgan fingerprint density at radius 1 is 1.10 bits per heavy atom. The van der Waals surface area contributed by atoms with Crippen LogP contribution >= 0.6 is 0 Å². The minimum atomic E-state index is -0.0975. The summed E-state index contributed by atoms with van der Waals surface area (Å²) in [6, 6.07) is 17.7. The summed E-state index contributed by atoms with van der Waals surface area (Å²) in [4.78, 5) is 12.0. The van der Waals surface area contributed by atoms with Crippen molar-refractivity contribution in [2.45, 2.75) is 18.9 Å². The number of hydrogen-bond donors (Lipinski definition) is 0. The maximum atomic E-state index is 12.0. The van der Waals surface area contributed by atoms with Crippen molar-refractivity contribution < 1.29 is 14.3 Å². The molecule has 3 rings (SSSR count). The topological polar surface area (TPSA) is 35.5 Å². The van der Waals surface area contributed by atoms with E-state index in [1.807, 2.05) is 54.6 Å². The summed E-state index contributed by atoms with van der Waals surface area (Å²) < 4.78 is 10.5. The molecule has 0 radical (unpaired) electrons. The van der Waals surface area contributed by atoms with Gasteiger partial charge in [-0.2, -0.15) is 0 Å². The first-order valence-corrected chi connectivity index (χ1v) is 7.12. The van der Waals surface area contributed by atoms with Gasteiger partial charge in [-0.3, -0.25) is 4.79 Å². The van der Waals surface area contributed by atoms with Crippen molar-refractivity contribution in [2.24, 2.45) is 5.92 Å². The van der Waals surface area contributed by atoms with Gasteiger partial charge >= 0.3 is 5.97 Å². The molecule has 3 nitrogen and oxygen atoms in total. The number of carbonyl (C=O) groups excluding carboxylic acids is 1. The zero-order valence-corrected chi connectivity index (χ0v) is 12.0. The summed E-state index contributed by atoms with van der Waals surface area (Å²) in [6.45, 7) is 0.353. The molecule has 0 saturated heterocycles. The van der Waals surface area contributed by atoms with Gasteiger partial charge in [-0.25, -0.2) is 0 Å². The number of methoxy groups -OCH3 is 1. The first-order chi connectivity index (χ1) is 10.3. The van der Waals surface area contributed by atoms with Crippen molar-refractivity contribution in [2.75, 3.05) is 7.11 Å². The van der Waals surface area contributed by atoms with Gasteiger partial charge in [0.2, 0.25) is 0 Å². The summed E-state index contributed by atoms with van der Waals surface area (Å²) in [5.41, 5.74) is 2.20. The Labute approximate surface area is 124 Å². The molecule has 3 heteroatoms. The Hall–Kier alpha value is -2.29. The molecule has 0 aromatic heterocycles. The highest BCUT2D eigenvalue weighted by Gasteiger charge is 2.45. The lowest BCUT2D eigenvalue weighted by Gasteiger charge is -2.05. The maximum absolute atomic E-state index is 12.0. The van der Waals surface area contributed by atoms with Gasteiger partial charge in [0.15, 0.2) is 0 Å². The number of carbonyl (C=O) groups is 1. The quantitative estimate of drug-likeness (QED) is 0.787. The van der Waals surface area contributed by atoms with E-state index in [2.05, 4.69) is 0 Å². The average molecular weight is 282 g/mol. The Morgan fingerprint density at radius 2 is 1.81 bits per heavy atom. The van der Waals surface area contributed by atoms with E-state index in [0.717, 1.165) is 17.7 Å². The highest BCUT2D eigenvalue weighted by molar-refractivity contribution is 5.77. The Kier molecular flexibility index (Phi) is 3.91. The maximum Gasteiger partial charge on any atom is 0.309 e. The molecule has 0 unspecified atom stereocenters. The predicted octanol–water partition coefficient (Wildman–Crippen LogP) is 3.54. The van der Waals surface area contributed by atoms with Crippen molar-refractivity contribution in [3.63, 3.8) is 0 Å². The fraction of sp³-hybridized carbons (Fsp3) is 0.278. The monoisotopic (exact) mass is 282 g/mol. The van der Waals surface area contributed by atoms with Crippen molar-refractivity contribution in [1.29, 1.82) is 0 Å². The zero-order valence-electron chi connectivity index (χ0n) is 12.0. The second-order valence-electron chi connectivity index (χ2n) is 5.32. The molecular weight excluding hydrogens is 264 g/mol. The van der Waals surface area contributed by atoms with Gasteiger partial charge in [0.25, 0.3) is 0 Å². The minimum Gasteiger partial charge on any atom is -0.497 e. The van der Waals surface area contributed by atoms with E-state index in [4.69, 9.17) is 9.47 Å². The summed E-state index contributed by atoms with van der Waals surface area (Å²) in [5.74, 6) is 1.03. The Bertz CT molecular complexity index is 604. The third-order valence-electron chi connectivity index (χ3n) is 3.86. The van der Waals surface area contributed by atoms with Crippen molar-refractivity contribution in [3.8, 4) is 5.75 Å².